The van der Waals surface area contributed by atoms with Gasteiger partial charge < -0.3 is 15.2 Å². The molecule has 0 saturated heterocycles. The van der Waals surface area contributed by atoms with Crippen LogP contribution in [0.4, 0.5) is 5.69 Å². The highest BCUT2D eigenvalue weighted by Crippen LogP contribution is 2.31. The molecule has 20 heavy (non-hydrogen) atoms. The summed E-state index contributed by atoms with van der Waals surface area (Å²) in [7, 11) is 0. The normalized spacial score (nSPS) is 10.3. The van der Waals surface area contributed by atoms with Crippen LogP contribution in [-0.4, -0.2) is 6.61 Å². The molecule has 0 spiro atoms. The highest BCUT2D eigenvalue weighted by Gasteiger charge is 2.06. The predicted molar refractivity (Wildman–Crippen MR) is 82.9 cm³/mol. The van der Waals surface area contributed by atoms with Gasteiger partial charge in [-0.2, -0.15) is 0 Å². The first-order valence-electron chi connectivity index (χ1n) is 6.56. The fourth-order valence-electron chi connectivity index (χ4n) is 1.77. The third-order valence-corrected chi connectivity index (χ3v) is 2.99. The molecule has 4 heteroatoms. The second-order valence-electron chi connectivity index (χ2n) is 4.60. The van der Waals surface area contributed by atoms with Crippen molar-refractivity contribution in [3.8, 4) is 17.2 Å². The Morgan fingerprint density at radius 1 is 1.10 bits per heavy atom. The van der Waals surface area contributed by atoms with Crippen molar-refractivity contribution in [1.29, 1.82) is 0 Å². The third-order valence-electron chi connectivity index (χ3n) is 2.75. The summed E-state index contributed by atoms with van der Waals surface area (Å²) in [6, 6.07) is 10.9. The maximum atomic E-state index is 5.98. The van der Waals surface area contributed by atoms with Gasteiger partial charge in [-0.1, -0.05) is 24.6 Å². The zero-order valence-corrected chi connectivity index (χ0v) is 12.4. The Kier molecular flexibility index (Phi) is 4.74. The fourth-order valence-corrected chi connectivity index (χ4v) is 1.93. The van der Waals surface area contributed by atoms with E-state index in [-0.39, 0.29) is 0 Å². The van der Waals surface area contributed by atoms with Crippen LogP contribution in [0.25, 0.3) is 0 Å². The molecule has 2 aromatic carbocycles. The van der Waals surface area contributed by atoms with Gasteiger partial charge in [0.05, 0.1) is 6.61 Å². The Morgan fingerprint density at radius 3 is 2.60 bits per heavy atom. The van der Waals surface area contributed by atoms with Crippen LogP contribution in [0.5, 0.6) is 17.2 Å². The van der Waals surface area contributed by atoms with Crippen LogP contribution in [-0.2, 0) is 0 Å². The number of hydrogen-bond donors (Lipinski definition) is 1. The molecule has 0 unspecified atom stereocenters. The molecule has 2 N–H and O–H groups in total. The molecule has 0 atom stereocenters. The van der Waals surface area contributed by atoms with Crippen LogP contribution in [0, 0.1) is 6.92 Å². The van der Waals surface area contributed by atoms with Crippen molar-refractivity contribution >= 4 is 17.3 Å². The van der Waals surface area contributed by atoms with Crippen LogP contribution in [0.3, 0.4) is 0 Å². The molecule has 0 bridgehead atoms. The van der Waals surface area contributed by atoms with Crippen LogP contribution in [0.2, 0.25) is 5.02 Å². The summed E-state index contributed by atoms with van der Waals surface area (Å²) >= 11 is 5.98. The van der Waals surface area contributed by atoms with E-state index < -0.39 is 0 Å². The Balaban J connectivity index is 2.24. The van der Waals surface area contributed by atoms with Crippen LogP contribution in [0.1, 0.15) is 18.9 Å². The molecule has 0 amide bonds. The molecule has 2 aromatic rings. The third kappa shape index (κ3) is 3.81. The van der Waals surface area contributed by atoms with Gasteiger partial charge in [0.15, 0.2) is 0 Å². The number of halogens is 1. The van der Waals surface area contributed by atoms with Gasteiger partial charge in [-0.15, -0.1) is 0 Å². The fraction of sp³-hybridized carbons (Fsp3) is 0.250. The summed E-state index contributed by atoms with van der Waals surface area (Å²) in [6.07, 6.45) is 0.943. The molecule has 0 aliphatic rings. The molecular weight excluding hydrogens is 274 g/mol. The van der Waals surface area contributed by atoms with Crippen molar-refractivity contribution < 1.29 is 9.47 Å². The lowest BCUT2D eigenvalue weighted by molar-refractivity contribution is 0.316. The van der Waals surface area contributed by atoms with E-state index in [4.69, 9.17) is 26.8 Å². The quantitative estimate of drug-likeness (QED) is 0.804. The summed E-state index contributed by atoms with van der Waals surface area (Å²) in [4.78, 5) is 0. The number of nitrogens with two attached hydrogens (primary N) is 1. The maximum Gasteiger partial charge on any atom is 0.133 e. The molecule has 0 heterocycles. The minimum atomic E-state index is 0.605. The molecule has 0 aromatic heterocycles. The topological polar surface area (TPSA) is 44.5 Å². The first-order valence-corrected chi connectivity index (χ1v) is 6.93. The van der Waals surface area contributed by atoms with E-state index in [0.717, 1.165) is 12.0 Å². The van der Waals surface area contributed by atoms with Gasteiger partial charge in [0.1, 0.15) is 17.2 Å². The minimum Gasteiger partial charge on any atom is -0.493 e. The molecule has 0 radical (unpaired) electrons. The number of hydrogen-bond acceptors (Lipinski definition) is 3. The van der Waals surface area contributed by atoms with E-state index in [1.807, 2.05) is 25.1 Å². The Labute approximate surface area is 124 Å². The second-order valence-corrected chi connectivity index (χ2v) is 5.03. The summed E-state index contributed by atoms with van der Waals surface area (Å²) in [5, 5.41) is 0.636. The van der Waals surface area contributed by atoms with Crippen molar-refractivity contribution in [1.82, 2.24) is 0 Å². The zero-order valence-electron chi connectivity index (χ0n) is 11.7. The molecule has 0 saturated carbocycles. The van der Waals surface area contributed by atoms with Gasteiger partial charge in [-0.3, -0.25) is 0 Å². The standard InChI is InChI=1S/C16H18ClNO2/c1-3-6-19-14-8-13(18)9-15(10-14)20-16-7-12(17)5-4-11(16)2/h4-5,7-10H,3,6,18H2,1-2H3. The van der Waals surface area contributed by atoms with Gasteiger partial charge >= 0.3 is 0 Å². The van der Waals surface area contributed by atoms with Gasteiger partial charge in [-0.05, 0) is 31.0 Å². The first kappa shape index (κ1) is 14.5. The number of rotatable bonds is 5. The lowest BCUT2D eigenvalue weighted by Gasteiger charge is -2.12. The van der Waals surface area contributed by atoms with Crippen LogP contribution >= 0.6 is 11.6 Å². The molecule has 106 valence electrons. The monoisotopic (exact) mass is 291 g/mol. The Bertz CT molecular complexity index is 599. The lowest BCUT2D eigenvalue weighted by Crippen LogP contribution is -1.97. The molecule has 2 rings (SSSR count). The minimum absolute atomic E-state index is 0.605. The maximum absolute atomic E-state index is 5.98. The van der Waals surface area contributed by atoms with Crippen molar-refractivity contribution in [3.63, 3.8) is 0 Å². The molecular formula is C16H18ClNO2. The van der Waals surface area contributed by atoms with Gasteiger partial charge in [-0.25, -0.2) is 0 Å². The largest absolute Gasteiger partial charge is 0.493 e. The highest BCUT2D eigenvalue weighted by molar-refractivity contribution is 6.30. The van der Waals surface area contributed by atoms with E-state index in [0.29, 0.717) is 34.6 Å². The molecule has 0 aliphatic carbocycles. The van der Waals surface area contributed by atoms with E-state index >= 15 is 0 Å². The van der Waals surface area contributed by atoms with Gasteiger partial charge in [0, 0.05) is 28.9 Å². The number of aryl methyl sites for hydroxylation is 1. The van der Waals surface area contributed by atoms with Crippen molar-refractivity contribution in [2.75, 3.05) is 12.3 Å². The zero-order chi connectivity index (χ0) is 14.5. The van der Waals surface area contributed by atoms with Crippen molar-refractivity contribution in [2.24, 2.45) is 0 Å². The van der Waals surface area contributed by atoms with Gasteiger partial charge in [0.25, 0.3) is 0 Å². The van der Waals surface area contributed by atoms with Gasteiger partial charge in [0.2, 0.25) is 0 Å². The second kappa shape index (κ2) is 6.53. The molecule has 3 nitrogen and oxygen atoms in total. The number of nitrogen functional groups attached to an aromatic ring is 1. The smallest absolute Gasteiger partial charge is 0.133 e. The van der Waals surface area contributed by atoms with E-state index in [1.165, 1.54) is 0 Å². The highest BCUT2D eigenvalue weighted by atomic mass is 35.5. The Morgan fingerprint density at radius 2 is 1.85 bits per heavy atom. The number of anilines is 1. The van der Waals surface area contributed by atoms with E-state index in [2.05, 4.69) is 6.92 Å². The van der Waals surface area contributed by atoms with Crippen LogP contribution < -0.4 is 15.2 Å². The lowest BCUT2D eigenvalue weighted by atomic mass is 10.2. The average Bonchev–Trinajstić information content (AvgIpc) is 2.40. The average molecular weight is 292 g/mol. The SMILES string of the molecule is CCCOc1cc(N)cc(Oc2cc(Cl)ccc2C)c1. The molecule has 0 aliphatic heterocycles. The van der Waals surface area contributed by atoms with E-state index in [1.54, 1.807) is 18.2 Å². The number of ether oxygens (including phenoxy) is 2. The first-order chi connectivity index (χ1) is 9.58. The molecule has 0 fully saturated rings. The summed E-state index contributed by atoms with van der Waals surface area (Å²) in [5.74, 6) is 2.06. The summed E-state index contributed by atoms with van der Waals surface area (Å²) < 4.78 is 11.4. The van der Waals surface area contributed by atoms with E-state index in [9.17, 15) is 0 Å². The Hall–Kier alpha value is -1.87. The van der Waals surface area contributed by atoms with Crippen molar-refractivity contribution in [2.45, 2.75) is 20.3 Å². The van der Waals surface area contributed by atoms with Crippen molar-refractivity contribution in [3.05, 3.63) is 47.0 Å². The van der Waals surface area contributed by atoms with Crippen LogP contribution in [0.15, 0.2) is 36.4 Å². The summed E-state index contributed by atoms with van der Waals surface area (Å²) in [5.41, 5.74) is 7.48. The predicted octanol–water partition coefficient (Wildman–Crippen LogP) is 4.81. The summed E-state index contributed by atoms with van der Waals surface area (Å²) in [6.45, 7) is 4.67. The number of benzene rings is 2.